The van der Waals surface area contributed by atoms with E-state index in [1.165, 1.54) is 20.3 Å². The van der Waals surface area contributed by atoms with E-state index in [1.54, 1.807) is 6.92 Å². The fourth-order valence-electron chi connectivity index (χ4n) is 1.66. The van der Waals surface area contributed by atoms with Gasteiger partial charge in [-0.25, -0.2) is 10.9 Å². The van der Waals surface area contributed by atoms with Crippen LogP contribution in [0.5, 0.6) is 11.8 Å². The van der Waals surface area contributed by atoms with Crippen LogP contribution in [0.3, 0.4) is 0 Å². The lowest BCUT2D eigenvalue weighted by molar-refractivity contribution is -0.145. The molecule has 1 heterocycles. The van der Waals surface area contributed by atoms with Crippen molar-refractivity contribution in [1.82, 2.24) is 15.0 Å². The molecule has 0 aromatic carbocycles. The van der Waals surface area contributed by atoms with Crippen LogP contribution in [0.4, 0.5) is 0 Å². The number of nitrogens with zero attached hydrogens (tertiary/aromatic N) is 3. The molecule has 8 nitrogen and oxygen atoms in total. The molecule has 0 aliphatic carbocycles. The Morgan fingerprint density at radius 3 is 2.17 bits per heavy atom. The largest absolute Gasteiger partial charge is 0.481 e. The summed E-state index contributed by atoms with van der Waals surface area (Å²) in [5.41, 5.74) is 0. The summed E-state index contributed by atoms with van der Waals surface area (Å²) >= 11 is 1.11. The van der Waals surface area contributed by atoms with E-state index in [-0.39, 0.29) is 12.3 Å². The lowest BCUT2D eigenvalue weighted by Crippen LogP contribution is -2.48. The Morgan fingerprint density at radius 2 is 1.78 bits per heavy atom. The zero-order valence-corrected chi connectivity index (χ0v) is 14.7. The number of ether oxygens (including phenoxy) is 2. The predicted octanol–water partition coefficient (Wildman–Crippen LogP) is 1.25. The van der Waals surface area contributed by atoms with E-state index >= 15 is 0 Å². The second-order valence-electron chi connectivity index (χ2n) is 4.97. The number of aromatic nitrogens is 2. The fourth-order valence-corrected chi connectivity index (χ4v) is 2.66. The molecule has 23 heavy (non-hydrogen) atoms. The maximum absolute atomic E-state index is 12.4. The summed E-state index contributed by atoms with van der Waals surface area (Å²) in [7, 11) is 2.95. The smallest absolute Gasteiger partial charge is 0.257 e. The average molecular weight is 342 g/mol. The van der Waals surface area contributed by atoms with Crippen LogP contribution in [-0.4, -0.2) is 46.3 Å². The summed E-state index contributed by atoms with van der Waals surface area (Å²) in [5.74, 6) is 5.25. The monoisotopic (exact) mass is 342 g/mol. The van der Waals surface area contributed by atoms with Crippen LogP contribution >= 0.6 is 11.8 Å². The van der Waals surface area contributed by atoms with E-state index in [1.807, 2.05) is 13.8 Å². The lowest BCUT2D eigenvalue weighted by atomic mass is 10.1. The number of hydrogen-bond donors (Lipinski definition) is 1. The van der Waals surface area contributed by atoms with Gasteiger partial charge in [0.15, 0.2) is 5.16 Å². The zero-order chi connectivity index (χ0) is 17.6. The number of carbonyl (C=O) groups excluding carboxylic acids is 2. The van der Waals surface area contributed by atoms with Crippen LogP contribution in [-0.2, 0) is 9.59 Å². The number of methoxy groups -OCH3 is 2. The van der Waals surface area contributed by atoms with Gasteiger partial charge in [-0.2, -0.15) is 9.97 Å². The first-order valence-corrected chi connectivity index (χ1v) is 7.97. The minimum Gasteiger partial charge on any atom is -0.481 e. The molecule has 2 amide bonds. The molecule has 1 rings (SSSR count). The van der Waals surface area contributed by atoms with Crippen molar-refractivity contribution in [3.05, 3.63) is 6.07 Å². The fraction of sp³-hybridized carbons (Fsp3) is 0.571. The zero-order valence-electron chi connectivity index (χ0n) is 13.9. The third-order valence-corrected chi connectivity index (χ3v) is 4.36. The number of hydrazine groups is 1. The van der Waals surface area contributed by atoms with Gasteiger partial charge in [-0.3, -0.25) is 9.59 Å². The highest BCUT2D eigenvalue weighted by molar-refractivity contribution is 8.00. The number of amides is 2. The van der Waals surface area contributed by atoms with Crippen LogP contribution in [0.25, 0.3) is 0 Å². The summed E-state index contributed by atoms with van der Waals surface area (Å²) in [6, 6.07) is 1.53. The SMILES string of the molecule is CCC(=O)N(N)C(=O)C(Sc1nc(OC)cc(OC)n1)C(C)C. The van der Waals surface area contributed by atoms with Gasteiger partial charge in [0.05, 0.1) is 25.5 Å². The van der Waals surface area contributed by atoms with Crippen molar-refractivity contribution in [3.63, 3.8) is 0 Å². The van der Waals surface area contributed by atoms with Crippen molar-refractivity contribution in [3.8, 4) is 11.8 Å². The topological polar surface area (TPSA) is 108 Å². The molecule has 1 unspecified atom stereocenters. The molecule has 1 atom stereocenters. The van der Waals surface area contributed by atoms with Gasteiger partial charge >= 0.3 is 0 Å². The van der Waals surface area contributed by atoms with E-state index in [4.69, 9.17) is 15.3 Å². The summed E-state index contributed by atoms with van der Waals surface area (Å²) in [6.45, 7) is 5.36. The van der Waals surface area contributed by atoms with Crippen molar-refractivity contribution >= 4 is 23.6 Å². The number of nitrogens with two attached hydrogens (primary N) is 1. The molecule has 1 aromatic rings. The van der Waals surface area contributed by atoms with Gasteiger partial charge in [-0.15, -0.1) is 0 Å². The Bertz CT molecular complexity index is 545. The summed E-state index contributed by atoms with van der Waals surface area (Å²) in [4.78, 5) is 32.4. The Labute approximate surface area is 139 Å². The molecular formula is C14H22N4O4S. The number of imide groups is 1. The lowest BCUT2D eigenvalue weighted by Gasteiger charge is -2.23. The van der Waals surface area contributed by atoms with E-state index in [2.05, 4.69) is 9.97 Å². The first-order valence-electron chi connectivity index (χ1n) is 7.09. The number of carbonyl (C=O) groups is 2. The van der Waals surface area contributed by atoms with E-state index in [0.717, 1.165) is 11.8 Å². The quantitative estimate of drug-likeness (QED) is 0.259. The van der Waals surface area contributed by atoms with Gasteiger partial charge in [0.25, 0.3) is 5.91 Å². The Hall–Kier alpha value is -1.87. The van der Waals surface area contributed by atoms with Crippen LogP contribution in [0.2, 0.25) is 0 Å². The molecule has 0 aliphatic rings. The Kier molecular flexibility index (Phi) is 7.24. The highest BCUT2D eigenvalue weighted by atomic mass is 32.2. The minimum absolute atomic E-state index is 0.0796. The van der Waals surface area contributed by atoms with E-state index in [9.17, 15) is 9.59 Å². The highest BCUT2D eigenvalue weighted by Crippen LogP contribution is 2.29. The number of hydrogen-bond acceptors (Lipinski definition) is 8. The predicted molar refractivity (Wildman–Crippen MR) is 86.0 cm³/mol. The molecule has 0 saturated carbocycles. The normalized spacial score (nSPS) is 12.0. The summed E-state index contributed by atoms with van der Waals surface area (Å²) < 4.78 is 10.2. The molecule has 0 fully saturated rings. The molecule has 0 radical (unpaired) electrons. The molecule has 0 spiro atoms. The number of thioether (sulfide) groups is 1. The third-order valence-electron chi connectivity index (χ3n) is 2.97. The van der Waals surface area contributed by atoms with Crippen LogP contribution < -0.4 is 15.3 Å². The molecule has 0 saturated heterocycles. The van der Waals surface area contributed by atoms with Gasteiger partial charge < -0.3 is 9.47 Å². The van der Waals surface area contributed by atoms with E-state index in [0.29, 0.717) is 21.9 Å². The first-order chi connectivity index (χ1) is 10.8. The summed E-state index contributed by atoms with van der Waals surface area (Å²) in [6.07, 6.45) is 0.154. The maximum atomic E-state index is 12.4. The molecule has 1 aromatic heterocycles. The Morgan fingerprint density at radius 1 is 1.26 bits per heavy atom. The maximum Gasteiger partial charge on any atom is 0.257 e. The van der Waals surface area contributed by atoms with Crippen molar-refractivity contribution in [2.75, 3.05) is 14.2 Å². The van der Waals surface area contributed by atoms with Crippen molar-refractivity contribution in [1.29, 1.82) is 0 Å². The van der Waals surface area contributed by atoms with Gasteiger partial charge in [-0.1, -0.05) is 32.5 Å². The van der Waals surface area contributed by atoms with Crippen LogP contribution in [0, 0.1) is 5.92 Å². The highest BCUT2D eigenvalue weighted by Gasteiger charge is 2.30. The van der Waals surface area contributed by atoms with Gasteiger partial charge in [0.2, 0.25) is 17.7 Å². The first kappa shape index (κ1) is 19.2. The molecule has 9 heteroatoms. The van der Waals surface area contributed by atoms with Crippen LogP contribution in [0.15, 0.2) is 11.2 Å². The molecule has 0 bridgehead atoms. The Balaban J connectivity index is 3.05. The van der Waals surface area contributed by atoms with E-state index < -0.39 is 17.1 Å². The molecule has 2 N–H and O–H groups in total. The van der Waals surface area contributed by atoms with Crippen molar-refractivity contribution in [2.45, 2.75) is 37.6 Å². The second kappa shape index (κ2) is 8.68. The molecule has 0 aliphatic heterocycles. The standard InChI is InChI=1S/C14H22N4O4S/c1-6-11(19)18(15)13(20)12(8(2)3)23-14-16-9(21-4)7-10(17-14)22-5/h7-8,12H,6,15H2,1-5H3. The minimum atomic E-state index is -0.604. The summed E-state index contributed by atoms with van der Waals surface area (Å²) in [5, 5.41) is 0.368. The average Bonchev–Trinajstić information content (AvgIpc) is 2.56. The van der Waals surface area contributed by atoms with Crippen LogP contribution in [0.1, 0.15) is 27.2 Å². The molecular weight excluding hydrogens is 320 g/mol. The van der Waals surface area contributed by atoms with Gasteiger partial charge in [0.1, 0.15) is 0 Å². The van der Waals surface area contributed by atoms with Crippen molar-refractivity contribution < 1.29 is 19.1 Å². The van der Waals surface area contributed by atoms with Gasteiger partial charge in [-0.05, 0) is 5.92 Å². The number of rotatable bonds is 7. The van der Waals surface area contributed by atoms with Crippen molar-refractivity contribution in [2.24, 2.45) is 11.8 Å². The van der Waals surface area contributed by atoms with Gasteiger partial charge in [0, 0.05) is 6.42 Å². The second-order valence-corrected chi connectivity index (χ2v) is 6.08. The molecule has 128 valence electrons. The third kappa shape index (κ3) is 5.07.